The van der Waals surface area contributed by atoms with Crippen LogP contribution in [0.4, 0.5) is 0 Å². The number of hydrogen-bond donors (Lipinski definition) is 0. The molecule has 0 bridgehead atoms. The first-order chi connectivity index (χ1) is 7.88. The van der Waals surface area contributed by atoms with Gasteiger partial charge >= 0.3 is 0 Å². The number of aryl methyl sites for hydroxylation is 1. The van der Waals surface area contributed by atoms with Crippen LogP contribution in [0.3, 0.4) is 0 Å². The highest BCUT2D eigenvalue weighted by Gasteiger charge is 2.26. The summed E-state index contributed by atoms with van der Waals surface area (Å²) in [5, 5.41) is 8.23. The molecular weight excluding hydrogens is 198 g/mol. The molecule has 0 unspecified atom stereocenters. The number of benzene rings is 1. The molecule has 1 saturated carbocycles. The van der Waals surface area contributed by atoms with Crippen molar-refractivity contribution in [3.63, 3.8) is 0 Å². The minimum atomic E-state index is 0.635. The van der Waals surface area contributed by atoms with Gasteiger partial charge in [0, 0.05) is 11.6 Å². The van der Waals surface area contributed by atoms with Crippen LogP contribution in [0.1, 0.15) is 31.4 Å². The Labute approximate surface area is 95.1 Å². The van der Waals surface area contributed by atoms with Crippen LogP contribution in [-0.2, 0) is 6.42 Å². The Kier molecular flexibility index (Phi) is 2.24. The van der Waals surface area contributed by atoms with Crippen molar-refractivity contribution in [1.82, 2.24) is 14.8 Å². The van der Waals surface area contributed by atoms with Gasteiger partial charge < -0.3 is 4.57 Å². The highest BCUT2D eigenvalue weighted by atomic mass is 15.3. The van der Waals surface area contributed by atoms with Gasteiger partial charge in [-0.3, -0.25) is 0 Å². The van der Waals surface area contributed by atoms with Gasteiger partial charge in [0.05, 0.1) is 0 Å². The second-order valence-corrected chi connectivity index (χ2v) is 4.34. The van der Waals surface area contributed by atoms with Gasteiger partial charge in [0.25, 0.3) is 0 Å². The van der Waals surface area contributed by atoms with Crippen LogP contribution in [0.5, 0.6) is 0 Å². The van der Waals surface area contributed by atoms with Crippen LogP contribution < -0.4 is 0 Å². The zero-order valence-electron chi connectivity index (χ0n) is 9.43. The van der Waals surface area contributed by atoms with E-state index in [0.717, 1.165) is 12.2 Å². The normalized spacial score (nSPS) is 15.3. The molecule has 2 aromatic rings. The van der Waals surface area contributed by atoms with E-state index >= 15 is 0 Å². The van der Waals surface area contributed by atoms with Crippen LogP contribution in [-0.4, -0.2) is 14.8 Å². The van der Waals surface area contributed by atoms with Crippen molar-refractivity contribution in [2.45, 2.75) is 32.2 Å². The molecule has 16 heavy (non-hydrogen) atoms. The van der Waals surface area contributed by atoms with Gasteiger partial charge in [-0.15, -0.1) is 10.2 Å². The Morgan fingerprint density at radius 3 is 2.62 bits per heavy atom. The molecule has 82 valence electrons. The number of hydrogen-bond acceptors (Lipinski definition) is 2. The summed E-state index contributed by atoms with van der Waals surface area (Å²) in [6, 6.07) is 9.25. The molecule has 1 aromatic heterocycles. The molecule has 0 saturated heterocycles. The largest absolute Gasteiger partial charge is 0.310 e. The van der Waals surface area contributed by atoms with Gasteiger partial charge in [-0.05, 0) is 24.8 Å². The van der Waals surface area contributed by atoms with E-state index in [1.807, 2.05) is 6.33 Å². The lowest BCUT2D eigenvalue weighted by atomic mass is 10.1. The van der Waals surface area contributed by atoms with Crippen LogP contribution in [0.25, 0.3) is 11.4 Å². The lowest BCUT2D eigenvalue weighted by Crippen LogP contribution is -1.95. The van der Waals surface area contributed by atoms with Gasteiger partial charge in [0.1, 0.15) is 6.33 Å². The predicted octanol–water partition coefficient (Wildman–Crippen LogP) is 2.84. The molecule has 0 amide bonds. The van der Waals surface area contributed by atoms with E-state index in [-0.39, 0.29) is 0 Å². The fourth-order valence-corrected chi connectivity index (χ4v) is 1.96. The zero-order valence-corrected chi connectivity index (χ0v) is 9.43. The van der Waals surface area contributed by atoms with E-state index in [1.54, 1.807) is 0 Å². The average Bonchev–Trinajstić information content (AvgIpc) is 3.07. The average molecular weight is 213 g/mol. The second kappa shape index (κ2) is 3.74. The number of aromatic nitrogens is 3. The Morgan fingerprint density at radius 2 is 2.00 bits per heavy atom. The topological polar surface area (TPSA) is 30.7 Å². The third kappa shape index (κ3) is 1.62. The lowest BCUT2D eigenvalue weighted by Gasteiger charge is -2.05. The van der Waals surface area contributed by atoms with Gasteiger partial charge in [-0.25, -0.2) is 0 Å². The Bertz CT molecular complexity index is 480. The maximum Gasteiger partial charge on any atom is 0.163 e. The molecule has 1 heterocycles. The van der Waals surface area contributed by atoms with Crippen molar-refractivity contribution in [3.8, 4) is 11.4 Å². The molecular formula is C13H15N3. The first-order valence-electron chi connectivity index (χ1n) is 5.87. The van der Waals surface area contributed by atoms with E-state index in [1.165, 1.54) is 24.0 Å². The minimum absolute atomic E-state index is 0.635. The van der Waals surface area contributed by atoms with Crippen molar-refractivity contribution in [1.29, 1.82) is 0 Å². The van der Waals surface area contributed by atoms with Gasteiger partial charge in [-0.1, -0.05) is 31.2 Å². The van der Waals surface area contributed by atoms with Gasteiger partial charge in [0.2, 0.25) is 0 Å². The molecule has 3 rings (SSSR count). The molecule has 0 N–H and O–H groups in total. The molecule has 3 nitrogen and oxygen atoms in total. The monoisotopic (exact) mass is 213 g/mol. The van der Waals surface area contributed by atoms with Crippen molar-refractivity contribution in [3.05, 3.63) is 36.2 Å². The maximum absolute atomic E-state index is 4.22. The second-order valence-electron chi connectivity index (χ2n) is 4.34. The van der Waals surface area contributed by atoms with Crippen molar-refractivity contribution in [2.75, 3.05) is 0 Å². The fourth-order valence-electron chi connectivity index (χ4n) is 1.96. The van der Waals surface area contributed by atoms with E-state index in [0.29, 0.717) is 6.04 Å². The molecule has 0 radical (unpaired) electrons. The molecule has 0 aliphatic heterocycles. The Hall–Kier alpha value is -1.64. The summed E-state index contributed by atoms with van der Waals surface area (Å²) < 4.78 is 2.20. The van der Waals surface area contributed by atoms with Crippen molar-refractivity contribution in [2.24, 2.45) is 0 Å². The summed E-state index contributed by atoms with van der Waals surface area (Å²) in [6.07, 6.45) is 5.45. The molecule has 3 heteroatoms. The summed E-state index contributed by atoms with van der Waals surface area (Å²) in [5.74, 6) is 1.00. The number of rotatable bonds is 3. The highest BCUT2D eigenvalue weighted by Crippen LogP contribution is 2.37. The fraction of sp³-hybridized carbons (Fsp3) is 0.385. The summed E-state index contributed by atoms with van der Waals surface area (Å²) in [4.78, 5) is 0. The van der Waals surface area contributed by atoms with Crippen LogP contribution in [0, 0.1) is 0 Å². The van der Waals surface area contributed by atoms with Crippen molar-refractivity contribution >= 4 is 0 Å². The van der Waals surface area contributed by atoms with Crippen LogP contribution >= 0.6 is 0 Å². The number of nitrogens with zero attached hydrogens (tertiary/aromatic N) is 3. The zero-order chi connectivity index (χ0) is 11.0. The summed E-state index contributed by atoms with van der Waals surface area (Å²) in [5.41, 5.74) is 2.53. The quantitative estimate of drug-likeness (QED) is 0.785. The predicted molar refractivity (Wildman–Crippen MR) is 63.1 cm³/mol. The molecule has 1 fully saturated rings. The lowest BCUT2D eigenvalue weighted by molar-refractivity contribution is 0.746. The van der Waals surface area contributed by atoms with E-state index in [9.17, 15) is 0 Å². The maximum atomic E-state index is 4.22. The summed E-state index contributed by atoms with van der Waals surface area (Å²) in [6.45, 7) is 2.17. The molecule has 1 aromatic carbocycles. The molecule has 1 aliphatic carbocycles. The van der Waals surface area contributed by atoms with Crippen LogP contribution in [0.15, 0.2) is 30.6 Å². The third-order valence-electron chi connectivity index (χ3n) is 3.13. The third-order valence-corrected chi connectivity index (χ3v) is 3.13. The van der Waals surface area contributed by atoms with E-state index in [2.05, 4.69) is 46.0 Å². The van der Waals surface area contributed by atoms with Crippen molar-refractivity contribution < 1.29 is 0 Å². The standard InChI is InChI=1S/C13H15N3/c1-2-10-3-5-11(6-4-10)13-15-14-9-16(13)12-7-8-12/h3-6,9,12H,2,7-8H2,1H3. The minimum Gasteiger partial charge on any atom is -0.310 e. The first kappa shape index (κ1) is 9.58. The smallest absolute Gasteiger partial charge is 0.163 e. The van der Waals surface area contributed by atoms with Gasteiger partial charge in [0.15, 0.2) is 5.82 Å². The first-order valence-corrected chi connectivity index (χ1v) is 5.87. The Morgan fingerprint density at radius 1 is 1.25 bits per heavy atom. The van der Waals surface area contributed by atoms with Crippen LogP contribution in [0.2, 0.25) is 0 Å². The van der Waals surface area contributed by atoms with E-state index in [4.69, 9.17) is 0 Å². The summed E-state index contributed by atoms with van der Waals surface area (Å²) >= 11 is 0. The van der Waals surface area contributed by atoms with E-state index < -0.39 is 0 Å². The SMILES string of the molecule is CCc1ccc(-c2nncn2C2CC2)cc1. The molecule has 1 aliphatic rings. The molecule has 0 atom stereocenters. The summed E-state index contributed by atoms with van der Waals surface area (Å²) in [7, 11) is 0. The highest BCUT2D eigenvalue weighted by molar-refractivity contribution is 5.55. The van der Waals surface area contributed by atoms with Gasteiger partial charge in [-0.2, -0.15) is 0 Å². The Balaban J connectivity index is 1.97. The molecule has 0 spiro atoms.